The van der Waals surface area contributed by atoms with Gasteiger partial charge in [0.25, 0.3) is 0 Å². The summed E-state index contributed by atoms with van der Waals surface area (Å²) >= 11 is 0. The Bertz CT molecular complexity index is 417. The first kappa shape index (κ1) is 13.0. The minimum absolute atomic E-state index is 0.133. The molecule has 98 valence electrons. The summed E-state index contributed by atoms with van der Waals surface area (Å²) < 4.78 is 13.5. The van der Waals surface area contributed by atoms with Crippen molar-refractivity contribution < 1.29 is 14.3 Å². The maximum atomic E-state index is 13.5. The van der Waals surface area contributed by atoms with Crippen LogP contribution in [0.15, 0.2) is 18.2 Å². The highest BCUT2D eigenvalue weighted by Gasteiger charge is 2.19. The van der Waals surface area contributed by atoms with Gasteiger partial charge in [0.15, 0.2) is 6.29 Å². The second kappa shape index (κ2) is 5.93. The van der Waals surface area contributed by atoms with E-state index in [1.165, 1.54) is 6.07 Å². The Morgan fingerprint density at radius 3 is 2.61 bits per heavy atom. The van der Waals surface area contributed by atoms with E-state index in [0.717, 1.165) is 26.2 Å². The predicted molar refractivity (Wildman–Crippen MR) is 67.5 cm³/mol. The molecule has 1 aliphatic rings. The molecule has 1 heterocycles. The molecular weight excluding hydrogens is 235 g/mol. The van der Waals surface area contributed by atoms with Crippen molar-refractivity contribution >= 4 is 12.0 Å². The number of anilines is 1. The van der Waals surface area contributed by atoms with Crippen molar-refractivity contribution in [3.8, 4) is 0 Å². The highest BCUT2D eigenvalue weighted by Crippen LogP contribution is 2.22. The first-order valence-corrected chi connectivity index (χ1v) is 6.08. The van der Waals surface area contributed by atoms with Crippen LogP contribution in [0.2, 0.25) is 0 Å². The number of hydrogen-bond donors (Lipinski definition) is 1. The van der Waals surface area contributed by atoms with E-state index in [0.29, 0.717) is 18.5 Å². The molecule has 1 fully saturated rings. The summed E-state index contributed by atoms with van der Waals surface area (Å²) in [6.45, 7) is 3.93. The molecule has 5 heteroatoms. The molecule has 0 spiro atoms. The van der Waals surface area contributed by atoms with E-state index in [2.05, 4.69) is 4.90 Å². The van der Waals surface area contributed by atoms with Gasteiger partial charge in [-0.3, -0.25) is 9.69 Å². The van der Waals surface area contributed by atoms with Gasteiger partial charge in [-0.2, -0.15) is 0 Å². The lowest BCUT2D eigenvalue weighted by molar-refractivity contribution is 0.112. The first-order valence-electron chi connectivity index (χ1n) is 6.08. The van der Waals surface area contributed by atoms with E-state index in [-0.39, 0.29) is 12.2 Å². The fourth-order valence-electron chi connectivity index (χ4n) is 2.27. The van der Waals surface area contributed by atoms with E-state index >= 15 is 0 Å². The third-order valence-electron chi connectivity index (χ3n) is 3.28. The standard InChI is InChI=1S/C13H17FN2O2/c14-12-2-1-3-13(11(12)10-18)16-6-4-15(5-7-16)8-9-17/h1-3,10,17H,4-9H2. The fraction of sp³-hybridized carbons (Fsp3) is 0.462. The lowest BCUT2D eigenvalue weighted by Gasteiger charge is -2.36. The van der Waals surface area contributed by atoms with Gasteiger partial charge in [0.2, 0.25) is 0 Å². The molecule has 1 aliphatic heterocycles. The lowest BCUT2D eigenvalue weighted by atomic mass is 10.1. The van der Waals surface area contributed by atoms with E-state index in [1.54, 1.807) is 12.1 Å². The number of nitrogens with zero attached hydrogens (tertiary/aromatic N) is 2. The van der Waals surface area contributed by atoms with Crippen molar-refractivity contribution in [1.82, 2.24) is 4.90 Å². The van der Waals surface area contributed by atoms with Crippen molar-refractivity contribution in [2.45, 2.75) is 0 Å². The van der Waals surface area contributed by atoms with Crippen LogP contribution in [0.4, 0.5) is 10.1 Å². The molecule has 1 aromatic rings. The quantitative estimate of drug-likeness (QED) is 0.803. The number of aliphatic hydroxyl groups is 1. The number of rotatable bonds is 4. The van der Waals surface area contributed by atoms with Crippen molar-refractivity contribution in [2.75, 3.05) is 44.2 Å². The van der Waals surface area contributed by atoms with Crippen LogP contribution < -0.4 is 4.90 Å². The summed E-state index contributed by atoms with van der Waals surface area (Å²) in [6.07, 6.45) is 0.574. The van der Waals surface area contributed by atoms with Gasteiger partial charge >= 0.3 is 0 Å². The van der Waals surface area contributed by atoms with Crippen LogP contribution in [-0.2, 0) is 0 Å². The smallest absolute Gasteiger partial charge is 0.155 e. The van der Waals surface area contributed by atoms with Crippen LogP contribution in [0.5, 0.6) is 0 Å². The minimum atomic E-state index is -0.472. The monoisotopic (exact) mass is 252 g/mol. The molecule has 0 atom stereocenters. The molecule has 0 radical (unpaired) electrons. The molecule has 0 aromatic heterocycles. The Morgan fingerprint density at radius 1 is 1.28 bits per heavy atom. The molecule has 0 aliphatic carbocycles. The van der Waals surface area contributed by atoms with Crippen LogP contribution in [0, 0.1) is 5.82 Å². The van der Waals surface area contributed by atoms with E-state index in [1.807, 2.05) is 4.90 Å². The Hall–Kier alpha value is -1.46. The summed E-state index contributed by atoms with van der Waals surface area (Å²) in [5.74, 6) is -0.472. The summed E-state index contributed by atoms with van der Waals surface area (Å²) in [4.78, 5) is 15.1. The highest BCUT2D eigenvalue weighted by molar-refractivity contribution is 5.85. The molecule has 0 unspecified atom stereocenters. The van der Waals surface area contributed by atoms with E-state index in [9.17, 15) is 9.18 Å². The number of carbonyl (C=O) groups excluding carboxylic acids is 1. The summed E-state index contributed by atoms with van der Waals surface area (Å²) in [5, 5.41) is 8.87. The molecule has 2 rings (SSSR count). The number of halogens is 1. The third kappa shape index (κ3) is 2.68. The third-order valence-corrected chi connectivity index (χ3v) is 3.28. The van der Waals surface area contributed by atoms with Gasteiger partial charge in [-0.05, 0) is 12.1 Å². The van der Waals surface area contributed by atoms with Gasteiger partial charge in [-0.1, -0.05) is 6.07 Å². The number of piperazine rings is 1. The highest BCUT2D eigenvalue weighted by atomic mass is 19.1. The molecule has 4 nitrogen and oxygen atoms in total. The van der Waals surface area contributed by atoms with Crippen molar-refractivity contribution in [2.24, 2.45) is 0 Å². The molecule has 1 saturated heterocycles. The Balaban J connectivity index is 2.10. The minimum Gasteiger partial charge on any atom is -0.395 e. The maximum absolute atomic E-state index is 13.5. The van der Waals surface area contributed by atoms with Crippen molar-refractivity contribution in [3.05, 3.63) is 29.6 Å². The SMILES string of the molecule is O=Cc1c(F)cccc1N1CCN(CCO)CC1. The van der Waals surface area contributed by atoms with Gasteiger partial charge in [0.1, 0.15) is 5.82 Å². The number of aliphatic hydroxyl groups excluding tert-OH is 1. The van der Waals surface area contributed by atoms with Crippen LogP contribution in [-0.4, -0.2) is 55.6 Å². The Labute approximate surface area is 106 Å². The van der Waals surface area contributed by atoms with Crippen LogP contribution in [0.1, 0.15) is 10.4 Å². The zero-order chi connectivity index (χ0) is 13.0. The van der Waals surface area contributed by atoms with Gasteiger partial charge < -0.3 is 10.0 Å². The molecule has 0 saturated carbocycles. The summed E-state index contributed by atoms with van der Waals surface area (Å²) in [6, 6.07) is 4.70. The zero-order valence-electron chi connectivity index (χ0n) is 10.2. The van der Waals surface area contributed by atoms with Crippen molar-refractivity contribution in [1.29, 1.82) is 0 Å². The lowest BCUT2D eigenvalue weighted by Crippen LogP contribution is -2.47. The van der Waals surface area contributed by atoms with E-state index in [4.69, 9.17) is 5.11 Å². The number of aldehydes is 1. The average Bonchev–Trinajstić information content (AvgIpc) is 2.40. The second-order valence-corrected chi connectivity index (χ2v) is 4.34. The molecule has 18 heavy (non-hydrogen) atoms. The van der Waals surface area contributed by atoms with E-state index < -0.39 is 5.82 Å². The number of hydrogen-bond acceptors (Lipinski definition) is 4. The van der Waals surface area contributed by atoms with Crippen LogP contribution >= 0.6 is 0 Å². The normalized spacial score (nSPS) is 16.9. The molecule has 0 amide bonds. The summed E-state index contributed by atoms with van der Waals surface area (Å²) in [5.41, 5.74) is 0.793. The summed E-state index contributed by atoms with van der Waals surface area (Å²) in [7, 11) is 0. The van der Waals surface area contributed by atoms with Gasteiger partial charge in [-0.15, -0.1) is 0 Å². The number of carbonyl (C=O) groups is 1. The van der Waals surface area contributed by atoms with Crippen LogP contribution in [0.25, 0.3) is 0 Å². The van der Waals surface area contributed by atoms with Gasteiger partial charge in [0.05, 0.1) is 17.9 Å². The fourth-order valence-corrected chi connectivity index (χ4v) is 2.27. The Kier molecular flexibility index (Phi) is 4.28. The number of benzene rings is 1. The predicted octanol–water partition coefficient (Wildman–Crippen LogP) is 0.752. The van der Waals surface area contributed by atoms with Gasteiger partial charge in [0, 0.05) is 32.7 Å². The molecule has 1 aromatic carbocycles. The maximum Gasteiger partial charge on any atom is 0.155 e. The largest absolute Gasteiger partial charge is 0.395 e. The van der Waals surface area contributed by atoms with Gasteiger partial charge in [-0.25, -0.2) is 4.39 Å². The van der Waals surface area contributed by atoms with Crippen LogP contribution in [0.3, 0.4) is 0 Å². The zero-order valence-corrected chi connectivity index (χ0v) is 10.2. The molecular formula is C13H17FN2O2. The average molecular weight is 252 g/mol. The molecule has 1 N–H and O–H groups in total. The first-order chi connectivity index (χ1) is 8.76. The second-order valence-electron chi connectivity index (χ2n) is 4.34. The topological polar surface area (TPSA) is 43.8 Å². The number of β-amino-alcohol motifs (C(OH)–C–C–N with tert-alkyl or cyclic N) is 1. The molecule has 0 bridgehead atoms. The Morgan fingerprint density at radius 2 is 2.00 bits per heavy atom. The van der Waals surface area contributed by atoms with Crippen molar-refractivity contribution in [3.63, 3.8) is 0 Å².